The molecule has 0 saturated heterocycles. The number of halogens is 1. The van der Waals surface area contributed by atoms with E-state index in [-0.39, 0.29) is 12.1 Å². The Labute approximate surface area is 130 Å². The monoisotopic (exact) mass is 333 g/mol. The molecule has 0 atom stereocenters. The minimum atomic E-state index is -3.27. The number of rotatable bonds is 6. The molecule has 8 heteroatoms. The van der Waals surface area contributed by atoms with Crippen LogP contribution in [0.2, 0.25) is 5.02 Å². The van der Waals surface area contributed by atoms with Crippen LogP contribution in [0, 0.1) is 0 Å². The molecule has 0 unspecified atom stereocenters. The van der Waals surface area contributed by atoms with Gasteiger partial charge in [0.25, 0.3) is 5.91 Å². The van der Waals surface area contributed by atoms with Crippen molar-refractivity contribution in [2.75, 3.05) is 24.7 Å². The lowest BCUT2D eigenvalue weighted by Gasteiger charge is -2.22. The Morgan fingerprint density at radius 2 is 2.05 bits per heavy atom. The predicted molar refractivity (Wildman–Crippen MR) is 84.7 cm³/mol. The number of carbonyl (C=O) groups excluding carboxylic acids is 1. The Morgan fingerprint density at radius 1 is 1.43 bits per heavy atom. The molecule has 1 aromatic heterocycles. The molecule has 21 heavy (non-hydrogen) atoms. The number of hydrogen-bond donors (Lipinski definition) is 2. The molecule has 0 spiro atoms. The Bertz CT molecular complexity index is 630. The summed E-state index contributed by atoms with van der Waals surface area (Å²) in [5.74, 6) is 0.0938. The first kappa shape index (κ1) is 17.7. The number of nitrogens with one attached hydrogen (secondary N) is 2. The number of aromatic nitrogens is 1. The summed E-state index contributed by atoms with van der Waals surface area (Å²) in [5, 5.41) is 5.89. The molecule has 0 aliphatic heterocycles. The smallest absolute Gasteiger partial charge is 0.252 e. The third-order valence-electron chi connectivity index (χ3n) is 3.13. The second-order valence-electron chi connectivity index (χ2n) is 5.30. The molecule has 0 radical (unpaired) electrons. The van der Waals surface area contributed by atoms with E-state index in [1.165, 1.54) is 12.3 Å². The lowest BCUT2D eigenvalue weighted by molar-refractivity contribution is 0.0950. The molecule has 1 amide bonds. The minimum Gasteiger partial charge on any atom is -0.369 e. The van der Waals surface area contributed by atoms with E-state index in [0.717, 1.165) is 6.26 Å². The van der Waals surface area contributed by atoms with Crippen molar-refractivity contribution in [3.8, 4) is 0 Å². The molecular formula is C13H20ClN3O3S. The van der Waals surface area contributed by atoms with Crippen LogP contribution in [0.15, 0.2) is 12.3 Å². The molecule has 118 valence electrons. The topological polar surface area (TPSA) is 88.2 Å². The van der Waals surface area contributed by atoms with Gasteiger partial charge in [0.05, 0.1) is 15.3 Å². The summed E-state index contributed by atoms with van der Waals surface area (Å²) in [6.45, 7) is 5.70. The Morgan fingerprint density at radius 3 is 2.52 bits per heavy atom. The van der Waals surface area contributed by atoms with Crippen molar-refractivity contribution < 1.29 is 13.2 Å². The summed E-state index contributed by atoms with van der Waals surface area (Å²) < 4.78 is 22.1. The minimum absolute atomic E-state index is 0.0112. The van der Waals surface area contributed by atoms with E-state index in [9.17, 15) is 13.2 Å². The van der Waals surface area contributed by atoms with Gasteiger partial charge in [-0.15, -0.1) is 0 Å². The van der Waals surface area contributed by atoms with Gasteiger partial charge in [-0.3, -0.25) is 4.79 Å². The molecule has 0 aliphatic carbocycles. The van der Waals surface area contributed by atoms with Crippen molar-refractivity contribution in [1.29, 1.82) is 0 Å². The number of sulfone groups is 1. The molecule has 0 saturated carbocycles. The fourth-order valence-electron chi connectivity index (χ4n) is 1.39. The van der Waals surface area contributed by atoms with Crippen LogP contribution >= 0.6 is 11.6 Å². The van der Waals surface area contributed by atoms with E-state index in [1.54, 1.807) is 13.8 Å². The Hall–Kier alpha value is -1.34. The highest BCUT2D eigenvalue weighted by Crippen LogP contribution is 2.20. The SMILES string of the molecule is CCNc1ncc(C(=O)NCC(C)(C)S(C)(=O)=O)cc1Cl. The maximum absolute atomic E-state index is 12.0. The predicted octanol–water partition coefficient (Wildman–Crippen LogP) is 1.72. The van der Waals surface area contributed by atoms with Crippen LogP contribution < -0.4 is 10.6 Å². The van der Waals surface area contributed by atoms with Crippen LogP contribution in [-0.2, 0) is 9.84 Å². The van der Waals surface area contributed by atoms with Gasteiger partial charge in [0.15, 0.2) is 9.84 Å². The van der Waals surface area contributed by atoms with E-state index in [2.05, 4.69) is 15.6 Å². The van der Waals surface area contributed by atoms with Gasteiger partial charge in [0, 0.05) is 25.5 Å². The van der Waals surface area contributed by atoms with E-state index in [0.29, 0.717) is 17.4 Å². The first-order valence-corrected chi connectivity index (χ1v) is 8.72. The van der Waals surface area contributed by atoms with Crippen LogP contribution in [0.25, 0.3) is 0 Å². The zero-order valence-corrected chi connectivity index (χ0v) is 14.1. The zero-order chi connectivity index (χ0) is 16.3. The molecule has 0 bridgehead atoms. The van der Waals surface area contributed by atoms with Crippen molar-refractivity contribution >= 4 is 33.2 Å². The van der Waals surface area contributed by atoms with Crippen molar-refractivity contribution in [3.63, 3.8) is 0 Å². The maximum atomic E-state index is 12.0. The first-order valence-electron chi connectivity index (χ1n) is 6.45. The third-order valence-corrected chi connectivity index (χ3v) is 5.57. The molecule has 0 aromatic carbocycles. The van der Waals surface area contributed by atoms with Gasteiger partial charge in [-0.1, -0.05) is 11.6 Å². The summed E-state index contributed by atoms with van der Waals surface area (Å²) in [4.78, 5) is 16.1. The lowest BCUT2D eigenvalue weighted by Crippen LogP contribution is -2.43. The van der Waals surface area contributed by atoms with Crippen molar-refractivity contribution in [3.05, 3.63) is 22.8 Å². The van der Waals surface area contributed by atoms with Gasteiger partial charge in [0.1, 0.15) is 5.82 Å². The van der Waals surface area contributed by atoms with Crippen molar-refractivity contribution in [1.82, 2.24) is 10.3 Å². The fraction of sp³-hybridized carbons (Fsp3) is 0.538. The standard InChI is InChI=1S/C13H20ClN3O3S/c1-5-15-11-10(14)6-9(7-16-11)12(18)17-8-13(2,3)21(4,19)20/h6-7H,5,8H2,1-4H3,(H,15,16)(H,17,18). The Kier molecular flexibility index (Phi) is 5.58. The number of pyridine rings is 1. The van der Waals surface area contributed by atoms with Gasteiger partial charge >= 0.3 is 0 Å². The highest BCUT2D eigenvalue weighted by Gasteiger charge is 2.30. The summed E-state index contributed by atoms with van der Waals surface area (Å²) in [6.07, 6.45) is 2.54. The van der Waals surface area contributed by atoms with Gasteiger partial charge in [-0.2, -0.15) is 0 Å². The molecule has 1 heterocycles. The number of nitrogens with zero attached hydrogens (tertiary/aromatic N) is 1. The maximum Gasteiger partial charge on any atom is 0.252 e. The largest absolute Gasteiger partial charge is 0.369 e. The van der Waals surface area contributed by atoms with E-state index in [1.807, 2.05) is 6.92 Å². The number of carbonyl (C=O) groups is 1. The lowest BCUT2D eigenvalue weighted by atomic mass is 10.2. The molecule has 1 aromatic rings. The first-order chi connectivity index (χ1) is 9.58. The summed E-state index contributed by atoms with van der Waals surface area (Å²) in [6, 6.07) is 1.50. The second kappa shape index (κ2) is 6.62. The van der Waals surface area contributed by atoms with Crippen LogP contribution in [0.4, 0.5) is 5.82 Å². The molecule has 2 N–H and O–H groups in total. The van der Waals surface area contributed by atoms with Gasteiger partial charge in [0.2, 0.25) is 0 Å². The van der Waals surface area contributed by atoms with Crippen LogP contribution in [0.3, 0.4) is 0 Å². The second-order valence-corrected chi connectivity index (χ2v) is 8.36. The average molecular weight is 334 g/mol. The highest BCUT2D eigenvalue weighted by atomic mass is 35.5. The third kappa shape index (κ3) is 4.57. The fourth-order valence-corrected chi connectivity index (χ4v) is 1.95. The van der Waals surface area contributed by atoms with E-state index < -0.39 is 20.5 Å². The molecule has 0 aliphatic rings. The van der Waals surface area contributed by atoms with Crippen LogP contribution in [-0.4, -0.2) is 43.4 Å². The van der Waals surface area contributed by atoms with Crippen molar-refractivity contribution in [2.24, 2.45) is 0 Å². The highest BCUT2D eigenvalue weighted by molar-refractivity contribution is 7.92. The number of amides is 1. The number of hydrogen-bond acceptors (Lipinski definition) is 5. The normalized spacial score (nSPS) is 12.0. The summed E-state index contributed by atoms with van der Waals surface area (Å²) in [5.41, 5.74) is 0.283. The summed E-state index contributed by atoms with van der Waals surface area (Å²) >= 11 is 6.01. The van der Waals surface area contributed by atoms with Gasteiger partial charge in [-0.25, -0.2) is 13.4 Å². The van der Waals surface area contributed by atoms with Gasteiger partial charge in [-0.05, 0) is 26.8 Å². The average Bonchev–Trinajstić information content (AvgIpc) is 2.37. The van der Waals surface area contributed by atoms with Crippen LogP contribution in [0.1, 0.15) is 31.1 Å². The number of anilines is 1. The molecule has 1 rings (SSSR count). The molecule has 6 nitrogen and oxygen atoms in total. The molecule has 0 fully saturated rings. The quantitative estimate of drug-likeness (QED) is 0.827. The summed E-state index contributed by atoms with van der Waals surface area (Å²) in [7, 11) is -3.27. The van der Waals surface area contributed by atoms with Crippen molar-refractivity contribution in [2.45, 2.75) is 25.5 Å². The Balaban J connectivity index is 2.80. The van der Waals surface area contributed by atoms with E-state index >= 15 is 0 Å². The molecular weight excluding hydrogens is 314 g/mol. The van der Waals surface area contributed by atoms with Gasteiger partial charge < -0.3 is 10.6 Å². The van der Waals surface area contributed by atoms with Crippen LogP contribution in [0.5, 0.6) is 0 Å². The zero-order valence-electron chi connectivity index (χ0n) is 12.5. The van der Waals surface area contributed by atoms with E-state index in [4.69, 9.17) is 11.6 Å².